The van der Waals surface area contributed by atoms with E-state index in [1.807, 2.05) is 24.5 Å². The summed E-state index contributed by atoms with van der Waals surface area (Å²) in [6.07, 6.45) is 11.0. The van der Waals surface area contributed by atoms with E-state index >= 15 is 0 Å². The number of methoxy groups -OCH3 is 1. The standard InChI is InChI=1S/C30H27FN8O/c1-40-22-11-19(10-21(31)12-22)23-5-6-33-29-27(23)35-30(36-29)28-24-13-25(34-16-26(24)37-38-28)20-9-18(14-32-15-20)17-39-7-3-2-4-8-39/h5-6,9-16H,2-4,7-8,17H2,1H3,(H,37,38)(H,33,35,36). The highest BCUT2D eigenvalue weighted by Crippen LogP contribution is 2.33. The van der Waals surface area contributed by atoms with E-state index in [0.29, 0.717) is 34.0 Å². The molecule has 6 aromatic rings. The Hall–Kier alpha value is -4.70. The van der Waals surface area contributed by atoms with E-state index < -0.39 is 0 Å². The minimum absolute atomic E-state index is 0.383. The average molecular weight is 535 g/mol. The van der Waals surface area contributed by atoms with Gasteiger partial charge in [-0.2, -0.15) is 5.10 Å². The predicted molar refractivity (Wildman–Crippen MR) is 151 cm³/mol. The number of fused-ring (bicyclic) bond motifs is 2. The van der Waals surface area contributed by atoms with Crippen molar-refractivity contribution in [1.29, 1.82) is 0 Å². The second kappa shape index (κ2) is 10.1. The Kier molecular flexibility index (Phi) is 6.16. The monoisotopic (exact) mass is 534 g/mol. The van der Waals surface area contributed by atoms with E-state index in [2.05, 4.69) is 41.1 Å². The summed E-state index contributed by atoms with van der Waals surface area (Å²) in [5.41, 5.74) is 7.01. The number of nitrogens with zero attached hydrogens (tertiary/aromatic N) is 6. The summed E-state index contributed by atoms with van der Waals surface area (Å²) in [5.74, 6) is 0.609. The van der Waals surface area contributed by atoms with Gasteiger partial charge in [0.15, 0.2) is 11.5 Å². The van der Waals surface area contributed by atoms with Crippen LogP contribution < -0.4 is 4.74 Å². The van der Waals surface area contributed by atoms with Gasteiger partial charge in [-0.15, -0.1) is 0 Å². The van der Waals surface area contributed by atoms with E-state index in [4.69, 9.17) is 9.72 Å². The SMILES string of the molecule is COc1cc(F)cc(-c2ccnc3nc(-c4n[nH]c5cnc(-c6cncc(CN7CCCCC7)c6)cc45)[nH]c23)c1. The van der Waals surface area contributed by atoms with Crippen LogP contribution in [0, 0.1) is 5.82 Å². The Bertz CT molecular complexity index is 1840. The van der Waals surface area contributed by atoms with Gasteiger partial charge in [-0.05, 0) is 67.4 Å². The Morgan fingerprint density at radius 1 is 0.975 bits per heavy atom. The van der Waals surface area contributed by atoms with Crippen molar-refractivity contribution in [2.45, 2.75) is 25.8 Å². The van der Waals surface area contributed by atoms with Crippen LogP contribution in [0.2, 0.25) is 0 Å². The second-order valence-corrected chi connectivity index (χ2v) is 10.1. The molecule has 0 atom stereocenters. The molecule has 0 unspecified atom stereocenters. The van der Waals surface area contributed by atoms with Crippen molar-refractivity contribution in [3.63, 3.8) is 0 Å². The molecule has 7 rings (SSSR count). The molecule has 1 aliphatic heterocycles. The fourth-order valence-electron chi connectivity index (χ4n) is 5.44. The van der Waals surface area contributed by atoms with Gasteiger partial charge in [0, 0.05) is 47.7 Å². The largest absolute Gasteiger partial charge is 0.497 e. The van der Waals surface area contributed by atoms with Gasteiger partial charge in [-0.3, -0.25) is 20.0 Å². The van der Waals surface area contributed by atoms with Crippen LogP contribution >= 0.6 is 0 Å². The molecule has 200 valence electrons. The van der Waals surface area contributed by atoms with Gasteiger partial charge in [0.2, 0.25) is 0 Å². The van der Waals surface area contributed by atoms with E-state index in [1.165, 1.54) is 44.1 Å². The summed E-state index contributed by atoms with van der Waals surface area (Å²) in [7, 11) is 1.52. The summed E-state index contributed by atoms with van der Waals surface area (Å²) in [6, 6.07) is 10.6. The van der Waals surface area contributed by atoms with Crippen LogP contribution in [0.5, 0.6) is 5.75 Å². The Morgan fingerprint density at radius 2 is 1.88 bits per heavy atom. The summed E-state index contributed by atoms with van der Waals surface area (Å²) in [5, 5.41) is 8.48. The number of imidazole rings is 1. The molecule has 1 aromatic carbocycles. The molecule has 0 radical (unpaired) electrons. The number of aromatic amines is 2. The van der Waals surface area contributed by atoms with Crippen molar-refractivity contribution in [2.24, 2.45) is 0 Å². The maximum atomic E-state index is 14.3. The van der Waals surface area contributed by atoms with Crippen molar-refractivity contribution in [1.82, 2.24) is 40.0 Å². The minimum atomic E-state index is -0.383. The maximum Gasteiger partial charge on any atom is 0.178 e. The molecule has 0 aliphatic carbocycles. The normalized spacial score (nSPS) is 14.2. The molecule has 10 heteroatoms. The molecule has 6 heterocycles. The molecule has 0 spiro atoms. The van der Waals surface area contributed by atoms with Gasteiger partial charge in [0.1, 0.15) is 17.3 Å². The third kappa shape index (κ3) is 4.56. The van der Waals surface area contributed by atoms with Crippen LogP contribution in [-0.4, -0.2) is 60.2 Å². The molecule has 2 N–H and O–H groups in total. The van der Waals surface area contributed by atoms with Crippen LogP contribution in [0.15, 0.2) is 61.2 Å². The maximum absolute atomic E-state index is 14.3. The number of benzene rings is 1. The lowest BCUT2D eigenvalue weighted by molar-refractivity contribution is 0.220. The van der Waals surface area contributed by atoms with E-state index in [0.717, 1.165) is 47.4 Å². The summed E-state index contributed by atoms with van der Waals surface area (Å²) in [4.78, 5) is 24.2. The van der Waals surface area contributed by atoms with Gasteiger partial charge < -0.3 is 9.72 Å². The highest BCUT2D eigenvalue weighted by molar-refractivity contribution is 5.96. The number of piperidine rings is 1. The fraction of sp³-hybridized carbons (Fsp3) is 0.233. The van der Waals surface area contributed by atoms with Crippen molar-refractivity contribution in [3.05, 3.63) is 72.6 Å². The van der Waals surface area contributed by atoms with Crippen molar-refractivity contribution in [3.8, 4) is 39.7 Å². The van der Waals surface area contributed by atoms with Gasteiger partial charge in [0.05, 0.1) is 30.0 Å². The number of likely N-dealkylation sites (tertiary alicyclic amines) is 1. The zero-order valence-electron chi connectivity index (χ0n) is 22.0. The van der Waals surface area contributed by atoms with Gasteiger partial charge in [0.25, 0.3) is 0 Å². The Balaban J connectivity index is 1.26. The zero-order chi connectivity index (χ0) is 27.1. The Morgan fingerprint density at radius 3 is 2.75 bits per heavy atom. The lowest BCUT2D eigenvalue weighted by atomic mass is 10.1. The highest BCUT2D eigenvalue weighted by atomic mass is 19.1. The zero-order valence-corrected chi connectivity index (χ0v) is 22.0. The molecule has 0 saturated carbocycles. The number of hydrogen-bond donors (Lipinski definition) is 2. The molecule has 1 fully saturated rings. The van der Waals surface area contributed by atoms with Crippen molar-refractivity contribution in [2.75, 3.05) is 20.2 Å². The molecule has 40 heavy (non-hydrogen) atoms. The topological polar surface area (TPSA) is 108 Å². The molecule has 0 amide bonds. The number of hydrogen-bond acceptors (Lipinski definition) is 7. The highest BCUT2D eigenvalue weighted by Gasteiger charge is 2.18. The number of rotatable bonds is 6. The first-order chi connectivity index (χ1) is 19.6. The van der Waals surface area contributed by atoms with E-state index in [1.54, 1.807) is 18.5 Å². The average Bonchev–Trinajstić information content (AvgIpc) is 3.61. The summed E-state index contributed by atoms with van der Waals surface area (Å²) < 4.78 is 19.5. The van der Waals surface area contributed by atoms with Crippen LogP contribution in [0.3, 0.4) is 0 Å². The third-order valence-electron chi connectivity index (χ3n) is 7.43. The summed E-state index contributed by atoms with van der Waals surface area (Å²) >= 11 is 0. The molecule has 5 aromatic heterocycles. The quantitative estimate of drug-likeness (QED) is 0.280. The number of halogens is 1. The first-order valence-electron chi connectivity index (χ1n) is 13.4. The van der Waals surface area contributed by atoms with Gasteiger partial charge in [-0.1, -0.05) is 6.42 Å². The molecule has 1 aliphatic rings. The van der Waals surface area contributed by atoms with E-state index in [-0.39, 0.29) is 5.82 Å². The minimum Gasteiger partial charge on any atom is -0.497 e. The number of aromatic nitrogens is 7. The summed E-state index contributed by atoms with van der Waals surface area (Å²) in [6.45, 7) is 3.16. The smallest absolute Gasteiger partial charge is 0.178 e. The van der Waals surface area contributed by atoms with Crippen LogP contribution in [0.25, 0.3) is 56.0 Å². The lowest BCUT2D eigenvalue weighted by Crippen LogP contribution is -2.29. The molecular weight excluding hydrogens is 507 g/mol. The van der Waals surface area contributed by atoms with Crippen molar-refractivity contribution < 1.29 is 9.13 Å². The number of ether oxygens (including phenoxy) is 1. The third-order valence-corrected chi connectivity index (χ3v) is 7.43. The molecule has 1 saturated heterocycles. The number of pyridine rings is 3. The van der Waals surface area contributed by atoms with Crippen LogP contribution in [-0.2, 0) is 6.54 Å². The lowest BCUT2D eigenvalue weighted by Gasteiger charge is -2.26. The fourth-order valence-corrected chi connectivity index (χ4v) is 5.44. The number of nitrogens with one attached hydrogen (secondary N) is 2. The predicted octanol–water partition coefficient (Wildman–Crippen LogP) is 5.76. The van der Waals surface area contributed by atoms with Crippen molar-refractivity contribution >= 4 is 22.1 Å². The van der Waals surface area contributed by atoms with E-state index in [9.17, 15) is 4.39 Å². The number of H-pyrrole nitrogens is 2. The van der Waals surface area contributed by atoms with Gasteiger partial charge in [-0.25, -0.2) is 14.4 Å². The Labute approximate surface area is 229 Å². The van der Waals surface area contributed by atoms with Crippen LogP contribution in [0.1, 0.15) is 24.8 Å². The molecular formula is C30H27FN8O. The second-order valence-electron chi connectivity index (χ2n) is 10.1. The first-order valence-corrected chi connectivity index (χ1v) is 13.4. The van der Waals surface area contributed by atoms with Gasteiger partial charge >= 0.3 is 0 Å². The van der Waals surface area contributed by atoms with Crippen LogP contribution in [0.4, 0.5) is 4.39 Å². The first kappa shape index (κ1) is 24.3. The molecule has 0 bridgehead atoms. The molecule has 9 nitrogen and oxygen atoms in total.